The maximum atomic E-state index is 12.2. The molecule has 0 aromatic carbocycles. The number of ether oxygens (including phenoxy) is 1. The molecule has 0 aromatic heterocycles. The van der Waals surface area contributed by atoms with Crippen LogP contribution in [-0.4, -0.2) is 70.1 Å². The normalized spacial score (nSPS) is 27.1. The van der Waals surface area contributed by atoms with Gasteiger partial charge in [-0.05, 0) is 18.8 Å². The van der Waals surface area contributed by atoms with Crippen LogP contribution in [0.2, 0.25) is 0 Å². The van der Waals surface area contributed by atoms with Gasteiger partial charge in [0, 0.05) is 45.8 Å². The number of nitrogens with zero attached hydrogens (tertiary/aromatic N) is 1. The molecular formula is C13H24N2O4S. The summed E-state index contributed by atoms with van der Waals surface area (Å²) in [5, 5.41) is 3.12. The zero-order chi connectivity index (χ0) is 14.6. The van der Waals surface area contributed by atoms with Gasteiger partial charge in [0.2, 0.25) is 5.91 Å². The summed E-state index contributed by atoms with van der Waals surface area (Å²) in [6, 6.07) is -0.238. The van der Waals surface area contributed by atoms with Gasteiger partial charge in [-0.15, -0.1) is 0 Å². The number of carbonyl (C=O) groups is 1. The SMILES string of the molecule is CN(CC1CCOCC1)C(=O)CC1CS(=O)(=O)CCN1. The predicted octanol–water partition coefficient (Wildman–Crippen LogP) is -0.352. The summed E-state index contributed by atoms with van der Waals surface area (Å²) in [4.78, 5) is 13.9. The molecule has 0 aromatic rings. The van der Waals surface area contributed by atoms with E-state index in [1.54, 1.807) is 11.9 Å². The van der Waals surface area contributed by atoms with E-state index in [-0.39, 0.29) is 29.9 Å². The minimum Gasteiger partial charge on any atom is -0.381 e. The van der Waals surface area contributed by atoms with Crippen molar-refractivity contribution in [2.24, 2.45) is 5.92 Å². The largest absolute Gasteiger partial charge is 0.381 e. The minimum atomic E-state index is -2.98. The summed E-state index contributed by atoms with van der Waals surface area (Å²) in [6.07, 6.45) is 2.25. The molecule has 0 bridgehead atoms. The zero-order valence-corrected chi connectivity index (χ0v) is 12.8. The van der Waals surface area contributed by atoms with Crippen molar-refractivity contribution in [3.05, 3.63) is 0 Å². The van der Waals surface area contributed by atoms with Crippen LogP contribution in [-0.2, 0) is 19.4 Å². The molecule has 1 unspecified atom stereocenters. The van der Waals surface area contributed by atoms with Gasteiger partial charge in [-0.2, -0.15) is 0 Å². The van der Waals surface area contributed by atoms with Gasteiger partial charge >= 0.3 is 0 Å². The topological polar surface area (TPSA) is 75.7 Å². The Morgan fingerprint density at radius 2 is 2.05 bits per heavy atom. The van der Waals surface area contributed by atoms with Gasteiger partial charge in [0.25, 0.3) is 0 Å². The van der Waals surface area contributed by atoms with E-state index in [0.29, 0.717) is 12.5 Å². The van der Waals surface area contributed by atoms with Crippen molar-refractivity contribution in [3.63, 3.8) is 0 Å². The predicted molar refractivity (Wildman–Crippen MR) is 76.2 cm³/mol. The van der Waals surface area contributed by atoms with E-state index >= 15 is 0 Å². The van der Waals surface area contributed by atoms with E-state index in [1.165, 1.54) is 0 Å². The summed E-state index contributed by atoms with van der Waals surface area (Å²) in [6.45, 7) is 2.73. The summed E-state index contributed by atoms with van der Waals surface area (Å²) in [7, 11) is -1.18. The Morgan fingerprint density at radius 1 is 1.35 bits per heavy atom. The zero-order valence-electron chi connectivity index (χ0n) is 12.0. The van der Waals surface area contributed by atoms with Crippen molar-refractivity contribution in [2.75, 3.05) is 44.9 Å². The van der Waals surface area contributed by atoms with Crippen molar-refractivity contribution in [1.82, 2.24) is 10.2 Å². The van der Waals surface area contributed by atoms with Gasteiger partial charge in [0.15, 0.2) is 9.84 Å². The van der Waals surface area contributed by atoms with E-state index < -0.39 is 9.84 Å². The fourth-order valence-corrected chi connectivity index (χ4v) is 4.23. The van der Waals surface area contributed by atoms with Crippen molar-refractivity contribution in [2.45, 2.75) is 25.3 Å². The quantitative estimate of drug-likeness (QED) is 0.768. The number of amides is 1. The smallest absolute Gasteiger partial charge is 0.223 e. The van der Waals surface area contributed by atoms with Crippen LogP contribution < -0.4 is 5.32 Å². The second kappa shape index (κ2) is 6.87. The molecule has 2 rings (SSSR count). The van der Waals surface area contributed by atoms with Crippen molar-refractivity contribution >= 4 is 15.7 Å². The molecule has 0 radical (unpaired) electrons. The molecule has 1 amide bonds. The van der Waals surface area contributed by atoms with Gasteiger partial charge in [0.1, 0.15) is 0 Å². The lowest BCUT2D eigenvalue weighted by Crippen LogP contribution is -2.47. The second-order valence-corrected chi connectivity index (χ2v) is 8.03. The first kappa shape index (κ1) is 15.7. The van der Waals surface area contributed by atoms with E-state index in [4.69, 9.17) is 4.74 Å². The Bertz CT molecular complexity index is 432. The van der Waals surface area contributed by atoms with Crippen LogP contribution in [0, 0.1) is 5.92 Å². The molecule has 2 fully saturated rings. The molecule has 2 aliphatic heterocycles. The third-order valence-electron chi connectivity index (χ3n) is 4.02. The molecule has 20 heavy (non-hydrogen) atoms. The van der Waals surface area contributed by atoms with E-state index in [0.717, 1.165) is 32.6 Å². The van der Waals surface area contributed by atoms with Crippen LogP contribution in [0.5, 0.6) is 0 Å². The molecular weight excluding hydrogens is 280 g/mol. The second-order valence-electron chi connectivity index (χ2n) is 5.80. The first-order valence-corrected chi connectivity index (χ1v) is 9.04. The van der Waals surface area contributed by atoms with Gasteiger partial charge in [-0.1, -0.05) is 0 Å². The highest BCUT2D eigenvalue weighted by Crippen LogP contribution is 2.16. The van der Waals surface area contributed by atoms with Gasteiger partial charge in [0.05, 0.1) is 11.5 Å². The van der Waals surface area contributed by atoms with Crippen LogP contribution in [0.15, 0.2) is 0 Å². The van der Waals surface area contributed by atoms with E-state index in [9.17, 15) is 13.2 Å². The lowest BCUT2D eigenvalue weighted by atomic mass is 9.99. The first-order valence-electron chi connectivity index (χ1n) is 7.22. The van der Waals surface area contributed by atoms with Crippen LogP contribution in [0.1, 0.15) is 19.3 Å². The number of rotatable bonds is 4. The molecule has 1 N–H and O–H groups in total. The molecule has 1 atom stereocenters. The van der Waals surface area contributed by atoms with Crippen LogP contribution in [0.25, 0.3) is 0 Å². The molecule has 0 spiro atoms. The number of hydrogen-bond donors (Lipinski definition) is 1. The van der Waals surface area contributed by atoms with E-state index in [2.05, 4.69) is 5.32 Å². The monoisotopic (exact) mass is 304 g/mol. The maximum Gasteiger partial charge on any atom is 0.223 e. The Kier molecular flexibility index (Phi) is 5.40. The summed E-state index contributed by atoms with van der Waals surface area (Å²) < 4.78 is 28.4. The van der Waals surface area contributed by atoms with Gasteiger partial charge in [-0.3, -0.25) is 4.79 Å². The van der Waals surface area contributed by atoms with E-state index in [1.807, 2.05) is 0 Å². The molecule has 2 saturated heterocycles. The molecule has 2 heterocycles. The third kappa shape index (κ3) is 4.71. The average molecular weight is 304 g/mol. The summed E-state index contributed by atoms with van der Waals surface area (Å²) in [5.74, 6) is 0.770. The molecule has 2 aliphatic rings. The summed E-state index contributed by atoms with van der Waals surface area (Å²) >= 11 is 0. The molecule has 6 nitrogen and oxygen atoms in total. The van der Waals surface area contributed by atoms with Gasteiger partial charge < -0.3 is 15.0 Å². The lowest BCUT2D eigenvalue weighted by Gasteiger charge is -2.29. The number of carbonyl (C=O) groups excluding carboxylic acids is 1. The first-order chi connectivity index (χ1) is 9.46. The highest BCUT2D eigenvalue weighted by atomic mass is 32.2. The molecule has 7 heteroatoms. The van der Waals surface area contributed by atoms with Crippen LogP contribution >= 0.6 is 0 Å². The fourth-order valence-electron chi connectivity index (χ4n) is 2.78. The number of nitrogens with one attached hydrogen (secondary N) is 1. The third-order valence-corrected chi connectivity index (χ3v) is 5.76. The number of hydrogen-bond acceptors (Lipinski definition) is 5. The van der Waals surface area contributed by atoms with Crippen molar-refractivity contribution in [3.8, 4) is 0 Å². The fraction of sp³-hybridized carbons (Fsp3) is 0.923. The Hall–Kier alpha value is -0.660. The minimum absolute atomic E-state index is 0.0195. The van der Waals surface area contributed by atoms with Crippen LogP contribution in [0.3, 0.4) is 0 Å². The molecule has 0 aliphatic carbocycles. The number of sulfone groups is 1. The van der Waals surface area contributed by atoms with Gasteiger partial charge in [-0.25, -0.2) is 8.42 Å². The van der Waals surface area contributed by atoms with Crippen LogP contribution in [0.4, 0.5) is 0 Å². The van der Waals surface area contributed by atoms with Crippen molar-refractivity contribution in [1.29, 1.82) is 0 Å². The Labute approximate surface area is 120 Å². The highest BCUT2D eigenvalue weighted by Gasteiger charge is 2.27. The Balaban J connectivity index is 1.78. The average Bonchev–Trinajstić information content (AvgIpc) is 2.38. The highest BCUT2D eigenvalue weighted by molar-refractivity contribution is 7.91. The lowest BCUT2D eigenvalue weighted by molar-refractivity contribution is -0.131. The maximum absolute atomic E-state index is 12.2. The summed E-state index contributed by atoms with van der Waals surface area (Å²) in [5.41, 5.74) is 0. The molecule has 116 valence electrons. The van der Waals surface area contributed by atoms with Crippen molar-refractivity contribution < 1.29 is 17.9 Å². The molecule has 0 saturated carbocycles. The Morgan fingerprint density at radius 3 is 2.70 bits per heavy atom. The standard InChI is InChI=1S/C13H24N2O4S/c1-15(9-11-2-5-19-6-3-11)13(16)8-12-10-20(17,18)7-4-14-12/h11-12,14H,2-10H2,1H3.